The van der Waals surface area contributed by atoms with Gasteiger partial charge in [-0.25, -0.2) is 4.99 Å². The molecule has 4 aliphatic rings. The normalized spacial score (nSPS) is 25.2. The molecule has 1 saturated heterocycles. The summed E-state index contributed by atoms with van der Waals surface area (Å²) in [5, 5.41) is 4.87. The van der Waals surface area contributed by atoms with Crippen LogP contribution in [0.3, 0.4) is 0 Å². The lowest BCUT2D eigenvalue weighted by Gasteiger charge is -2.23. The van der Waals surface area contributed by atoms with E-state index in [9.17, 15) is 3.89 Å². The van der Waals surface area contributed by atoms with Gasteiger partial charge < -0.3 is 10.1 Å². The van der Waals surface area contributed by atoms with Crippen molar-refractivity contribution in [1.29, 1.82) is 0 Å². The van der Waals surface area contributed by atoms with Gasteiger partial charge in [-0.15, -0.1) is 3.89 Å². The third kappa shape index (κ3) is 3.57. The number of amidine groups is 1. The lowest BCUT2D eigenvalue weighted by molar-refractivity contribution is 0.100. The minimum Gasteiger partial charge on any atom is -0.381 e. The number of hydrazine groups is 1. The zero-order valence-electron chi connectivity index (χ0n) is 15.3. The number of thioether (sulfide) groups is 1. The van der Waals surface area contributed by atoms with E-state index in [4.69, 9.17) is 9.73 Å². The first kappa shape index (κ1) is 18.1. The molecule has 1 atom stereocenters. The van der Waals surface area contributed by atoms with Crippen LogP contribution in [0.25, 0.3) is 0 Å². The maximum atomic E-state index is 13.6. The largest absolute Gasteiger partial charge is 0.381 e. The van der Waals surface area contributed by atoms with Crippen molar-refractivity contribution in [2.24, 2.45) is 4.99 Å². The summed E-state index contributed by atoms with van der Waals surface area (Å²) in [6.07, 6.45) is 8.60. The third-order valence-corrected chi connectivity index (χ3v) is 7.60. The number of nitrogens with one attached hydrogen (secondary N) is 2. The second-order valence-electron chi connectivity index (χ2n) is 7.62. The molecule has 0 aromatic heterocycles. The van der Waals surface area contributed by atoms with Crippen molar-refractivity contribution in [2.45, 2.75) is 62.9 Å². The maximum Gasteiger partial charge on any atom is 0.208 e. The number of ether oxygens (including phenoxy) is 1. The van der Waals surface area contributed by atoms with Gasteiger partial charge in [0.25, 0.3) is 0 Å². The van der Waals surface area contributed by atoms with Gasteiger partial charge in [0, 0.05) is 24.2 Å². The molecule has 0 radical (unpaired) electrons. The average molecular weight is 409 g/mol. The van der Waals surface area contributed by atoms with Gasteiger partial charge in [0.1, 0.15) is 0 Å². The summed E-state index contributed by atoms with van der Waals surface area (Å²) in [5.74, 6) is 0. The van der Waals surface area contributed by atoms with Crippen LogP contribution in [-0.2, 0) is 30.4 Å². The highest BCUT2D eigenvalue weighted by molar-refractivity contribution is 8.14. The monoisotopic (exact) mass is 408 g/mol. The number of nitrogens with zero attached hydrogens (tertiary/aromatic N) is 2. The van der Waals surface area contributed by atoms with Gasteiger partial charge in [-0.1, -0.05) is 22.2 Å². The summed E-state index contributed by atoms with van der Waals surface area (Å²) in [5.41, 5.74) is 10.2. The van der Waals surface area contributed by atoms with Crippen molar-refractivity contribution >= 4 is 35.0 Å². The Morgan fingerprint density at radius 3 is 2.48 bits per heavy atom. The van der Waals surface area contributed by atoms with Crippen LogP contribution in [0.4, 0.5) is 9.57 Å². The molecule has 2 N–H and O–H groups in total. The van der Waals surface area contributed by atoms with E-state index < -0.39 is 6.29 Å². The Hall–Kier alpha value is -0.960. The van der Waals surface area contributed by atoms with E-state index in [2.05, 4.69) is 16.8 Å². The fraction of sp³-hybridized carbons (Fsp3) is 0.632. The Morgan fingerprint density at radius 1 is 1.11 bits per heavy atom. The molecule has 2 aliphatic heterocycles. The predicted molar refractivity (Wildman–Crippen MR) is 110 cm³/mol. The zero-order chi connectivity index (χ0) is 18.2. The number of anilines is 1. The number of rotatable bonds is 4. The molecule has 146 valence electrons. The van der Waals surface area contributed by atoms with Gasteiger partial charge in [-0.3, -0.25) is 5.43 Å². The maximum absolute atomic E-state index is 13.6. The molecular formula is C19H25FN4OS2. The number of fused-ring (bicyclic) bond motifs is 2. The predicted octanol–water partition coefficient (Wildman–Crippen LogP) is 3.98. The number of hydrogen-bond donors (Lipinski definition) is 2. The van der Waals surface area contributed by atoms with Crippen LogP contribution in [0.2, 0.25) is 0 Å². The number of aryl methyl sites for hydroxylation is 2. The van der Waals surface area contributed by atoms with Gasteiger partial charge in [0.2, 0.25) is 6.29 Å². The van der Waals surface area contributed by atoms with Crippen LogP contribution in [0.5, 0.6) is 0 Å². The lowest BCUT2D eigenvalue weighted by Crippen LogP contribution is -2.38. The molecule has 8 heteroatoms. The third-order valence-electron chi connectivity index (χ3n) is 5.93. The minimum absolute atomic E-state index is 0.199. The Kier molecular flexibility index (Phi) is 5.23. The molecular weight excluding hydrogens is 383 g/mol. The molecule has 5 nitrogen and oxygen atoms in total. The quantitative estimate of drug-likeness (QED) is 0.735. The summed E-state index contributed by atoms with van der Waals surface area (Å²) in [4.78, 5) is 4.76. The van der Waals surface area contributed by atoms with Crippen molar-refractivity contribution in [3.05, 3.63) is 28.3 Å². The smallest absolute Gasteiger partial charge is 0.208 e. The highest BCUT2D eigenvalue weighted by Crippen LogP contribution is 2.40. The molecule has 5 rings (SSSR count). The second kappa shape index (κ2) is 7.81. The number of benzene rings is 1. The van der Waals surface area contributed by atoms with Crippen molar-refractivity contribution < 1.29 is 8.62 Å². The summed E-state index contributed by atoms with van der Waals surface area (Å²) >= 11 is 1.91. The Labute approximate surface area is 168 Å². The van der Waals surface area contributed by atoms with E-state index in [0.29, 0.717) is 5.25 Å². The first-order chi connectivity index (χ1) is 13.3. The van der Waals surface area contributed by atoms with E-state index in [1.165, 1.54) is 45.2 Å². The molecule has 0 amide bonds. The standard InChI is InChI=1S/C19H25FN4OS2/c20-27-24-18(22-19(23-24)26-14-7-9-25-10-8-14)21-17-15-5-1-3-12(15)11-13-4-2-6-16(13)17/h11,14,18,21H,1-10H2,(H,22,23). The Balaban J connectivity index is 1.38. The number of aliphatic imine (C=N–C) groups is 1. The number of halogens is 1. The minimum atomic E-state index is -0.417. The van der Waals surface area contributed by atoms with Crippen LogP contribution in [0.15, 0.2) is 11.1 Å². The van der Waals surface area contributed by atoms with Crippen molar-refractivity contribution in [3.63, 3.8) is 0 Å². The Morgan fingerprint density at radius 2 is 1.81 bits per heavy atom. The zero-order valence-corrected chi connectivity index (χ0v) is 16.9. The molecule has 0 spiro atoms. The van der Waals surface area contributed by atoms with E-state index in [0.717, 1.165) is 56.9 Å². The van der Waals surface area contributed by atoms with E-state index >= 15 is 0 Å². The molecule has 1 aromatic carbocycles. The van der Waals surface area contributed by atoms with Gasteiger partial charge in [0.05, 0.1) is 0 Å². The summed E-state index contributed by atoms with van der Waals surface area (Å²) in [6, 6.07) is 2.42. The molecule has 2 heterocycles. The van der Waals surface area contributed by atoms with Crippen LogP contribution >= 0.6 is 24.1 Å². The Bertz CT molecular complexity index is 721. The van der Waals surface area contributed by atoms with Crippen LogP contribution in [0.1, 0.15) is 47.9 Å². The SMILES string of the molecule is FSN1NC(SC2CCOCC2)=NC1Nc1c2c(cc3c1CCC3)CCC2. The van der Waals surface area contributed by atoms with Crippen molar-refractivity contribution in [3.8, 4) is 0 Å². The molecule has 0 saturated carbocycles. The first-order valence-corrected chi connectivity index (χ1v) is 11.5. The molecule has 2 aliphatic carbocycles. The summed E-state index contributed by atoms with van der Waals surface area (Å²) < 4.78 is 20.5. The summed E-state index contributed by atoms with van der Waals surface area (Å²) in [7, 11) is 0. The first-order valence-electron chi connectivity index (χ1n) is 9.91. The van der Waals surface area contributed by atoms with E-state index in [1.54, 1.807) is 11.8 Å². The highest BCUT2D eigenvalue weighted by atomic mass is 32.2. The average Bonchev–Trinajstić information content (AvgIpc) is 3.41. The van der Waals surface area contributed by atoms with Crippen molar-refractivity contribution in [2.75, 3.05) is 18.5 Å². The van der Waals surface area contributed by atoms with Crippen LogP contribution < -0.4 is 10.7 Å². The van der Waals surface area contributed by atoms with E-state index in [-0.39, 0.29) is 12.3 Å². The van der Waals surface area contributed by atoms with Gasteiger partial charge in [0.15, 0.2) is 17.5 Å². The second-order valence-corrected chi connectivity index (χ2v) is 9.44. The molecule has 27 heavy (non-hydrogen) atoms. The van der Waals surface area contributed by atoms with Gasteiger partial charge in [-0.05, 0) is 73.6 Å². The van der Waals surface area contributed by atoms with Crippen LogP contribution in [-0.4, -0.2) is 34.3 Å². The topological polar surface area (TPSA) is 48.9 Å². The fourth-order valence-electron chi connectivity index (χ4n) is 4.62. The molecule has 1 aromatic rings. The van der Waals surface area contributed by atoms with Crippen molar-refractivity contribution in [1.82, 2.24) is 9.84 Å². The number of hydrogen-bond acceptors (Lipinski definition) is 7. The molecule has 0 bridgehead atoms. The lowest BCUT2D eigenvalue weighted by atomic mass is 9.99. The highest BCUT2D eigenvalue weighted by Gasteiger charge is 2.32. The van der Waals surface area contributed by atoms with E-state index in [1.807, 2.05) is 0 Å². The summed E-state index contributed by atoms with van der Waals surface area (Å²) in [6.45, 7) is 1.60. The van der Waals surface area contributed by atoms with Gasteiger partial charge in [-0.2, -0.15) is 0 Å². The molecule has 1 fully saturated rings. The molecule has 1 unspecified atom stereocenters. The van der Waals surface area contributed by atoms with Crippen LogP contribution in [0, 0.1) is 0 Å². The fourth-order valence-corrected chi connectivity index (χ4v) is 6.03. The van der Waals surface area contributed by atoms with Gasteiger partial charge >= 0.3 is 0 Å².